The summed E-state index contributed by atoms with van der Waals surface area (Å²) in [6, 6.07) is 6.91. The first-order valence-electron chi connectivity index (χ1n) is 6.85. The van der Waals surface area contributed by atoms with Crippen molar-refractivity contribution in [2.24, 2.45) is 23.7 Å². The van der Waals surface area contributed by atoms with E-state index in [9.17, 15) is 14.7 Å². The number of fused-ring (bicyclic) bond motifs is 2. The summed E-state index contributed by atoms with van der Waals surface area (Å²) in [5.41, 5.74) is 0.620. The summed E-state index contributed by atoms with van der Waals surface area (Å²) < 4.78 is 0. The Morgan fingerprint density at radius 1 is 1.20 bits per heavy atom. The molecular weight excluding hydrogens is 278 g/mol. The lowest BCUT2D eigenvalue weighted by Gasteiger charge is -2.27. The summed E-state index contributed by atoms with van der Waals surface area (Å²) >= 11 is 5.88. The number of hydrogen-bond donors (Lipinski definition) is 2. The molecule has 4 atom stereocenters. The molecule has 2 fully saturated rings. The van der Waals surface area contributed by atoms with E-state index in [0.717, 1.165) is 19.3 Å². The third kappa shape index (κ3) is 2.29. The molecule has 0 heterocycles. The van der Waals surface area contributed by atoms with Gasteiger partial charge in [-0.1, -0.05) is 17.7 Å². The predicted octanol–water partition coefficient (Wildman–Crippen LogP) is 3.03. The van der Waals surface area contributed by atoms with Crippen molar-refractivity contribution in [2.75, 3.05) is 5.32 Å². The Morgan fingerprint density at radius 2 is 1.90 bits per heavy atom. The molecule has 2 aliphatic carbocycles. The van der Waals surface area contributed by atoms with E-state index in [4.69, 9.17) is 11.6 Å². The molecule has 0 radical (unpaired) electrons. The molecule has 2 aliphatic rings. The zero-order chi connectivity index (χ0) is 14.3. The number of aliphatic carboxylic acids is 1. The Bertz CT molecular complexity index is 560. The van der Waals surface area contributed by atoms with Gasteiger partial charge in [-0.25, -0.2) is 0 Å². The summed E-state index contributed by atoms with van der Waals surface area (Å²) in [6.45, 7) is 0. The Morgan fingerprint density at radius 3 is 2.55 bits per heavy atom. The van der Waals surface area contributed by atoms with Crippen molar-refractivity contribution >= 4 is 29.2 Å². The van der Waals surface area contributed by atoms with E-state index in [1.54, 1.807) is 24.3 Å². The van der Waals surface area contributed by atoms with Crippen molar-refractivity contribution in [1.29, 1.82) is 0 Å². The molecule has 0 spiro atoms. The van der Waals surface area contributed by atoms with Crippen LogP contribution < -0.4 is 5.32 Å². The molecule has 2 bridgehead atoms. The van der Waals surface area contributed by atoms with Gasteiger partial charge in [0.05, 0.1) is 11.8 Å². The highest BCUT2D eigenvalue weighted by Crippen LogP contribution is 2.52. The molecule has 4 nitrogen and oxygen atoms in total. The molecule has 0 aliphatic heterocycles. The standard InChI is InChI=1S/C15H16ClNO3/c16-10-2-1-3-11(7-10)17-14(18)12-8-4-5-9(6-8)13(12)15(19)20/h1-3,7-9,12-13H,4-6H2,(H,17,18)(H,19,20)/t8-,9+,12+,13+/m1/s1. The molecule has 106 valence electrons. The van der Waals surface area contributed by atoms with Crippen molar-refractivity contribution in [3.63, 3.8) is 0 Å². The van der Waals surface area contributed by atoms with Crippen LogP contribution >= 0.6 is 11.6 Å². The first kappa shape index (κ1) is 13.4. The average Bonchev–Trinajstić information content (AvgIpc) is 2.98. The Balaban J connectivity index is 1.78. The minimum absolute atomic E-state index is 0.160. The molecule has 1 aromatic carbocycles. The number of anilines is 1. The zero-order valence-electron chi connectivity index (χ0n) is 10.9. The van der Waals surface area contributed by atoms with Gasteiger partial charge in [0.1, 0.15) is 0 Å². The molecule has 0 aromatic heterocycles. The monoisotopic (exact) mass is 293 g/mol. The molecule has 2 N–H and O–H groups in total. The number of carboxylic acids is 1. The third-order valence-electron chi connectivity index (χ3n) is 4.60. The number of nitrogens with one attached hydrogen (secondary N) is 1. The Labute approximate surface area is 122 Å². The van der Waals surface area contributed by atoms with Crippen LogP contribution in [0.25, 0.3) is 0 Å². The fraction of sp³-hybridized carbons (Fsp3) is 0.467. The van der Waals surface area contributed by atoms with Crippen LogP contribution in [0.3, 0.4) is 0 Å². The number of hydrogen-bond acceptors (Lipinski definition) is 2. The summed E-state index contributed by atoms with van der Waals surface area (Å²) in [7, 11) is 0. The minimum atomic E-state index is -0.844. The minimum Gasteiger partial charge on any atom is -0.481 e. The van der Waals surface area contributed by atoms with Crippen molar-refractivity contribution in [1.82, 2.24) is 0 Å². The molecule has 0 saturated heterocycles. The fourth-order valence-electron chi connectivity index (χ4n) is 3.82. The maximum atomic E-state index is 12.4. The van der Waals surface area contributed by atoms with Crippen LogP contribution in [0.4, 0.5) is 5.69 Å². The van der Waals surface area contributed by atoms with Crippen LogP contribution in [-0.2, 0) is 9.59 Å². The maximum absolute atomic E-state index is 12.4. The normalized spacial score (nSPS) is 31.2. The second-order valence-electron chi connectivity index (χ2n) is 5.72. The van der Waals surface area contributed by atoms with Gasteiger partial charge >= 0.3 is 5.97 Å². The van der Waals surface area contributed by atoms with Crippen LogP contribution in [0, 0.1) is 23.7 Å². The van der Waals surface area contributed by atoms with Crippen LogP contribution in [0.2, 0.25) is 5.02 Å². The van der Waals surface area contributed by atoms with Crippen molar-refractivity contribution in [3.8, 4) is 0 Å². The predicted molar refractivity (Wildman–Crippen MR) is 75.5 cm³/mol. The topological polar surface area (TPSA) is 66.4 Å². The van der Waals surface area contributed by atoms with Gasteiger partial charge in [0.15, 0.2) is 0 Å². The van der Waals surface area contributed by atoms with Gasteiger partial charge in [-0.3, -0.25) is 9.59 Å². The van der Waals surface area contributed by atoms with Gasteiger partial charge in [-0.15, -0.1) is 0 Å². The average molecular weight is 294 g/mol. The lowest BCUT2D eigenvalue weighted by molar-refractivity contribution is -0.148. The molecule has 1 amide bonds. The largest absolute Gasteiger partial charge is 0.481 e. The van der Waals surface area contributed by atoms with E-state index in [-0.39, 0.29) is 17.7 Å². The van der Waals surface area contributed by atoms with Gasteiger partial charge in [0.2, 0.25) is 5.91 Å². The van der Waals surface area contributed by atoms with E-state index in [0.29, 0.717) is 10.7 Å². The summed E-state index contributed by atoms with van der Waals surface area (Å²) in [5, 5.41) is 12.7. The van der Waals surface area contributed by atoms with Gasteiger partial charge in [0.25, 0.3) is 0 Å². The van der Waals surface area contributed by atoms with E-state index in [1.165, 1.54) is 0 Å². The molecule has 2 saturated carbocycles. The second kappa shape index (κ2) is 5.09. The maximum Gasteiger partial charge on any atom is 0.307 e. The van der Waals surface area contributed by atoms with E-state index in [1.807, 2.05) is 0 Å². The summed E-state index contributed by atoms with van der Waals surface area (Å²) in [6.07, 6.45) is 2.76. The van der Waals surface area contributed by atoms with Crippen LogP contribution in [0.15, 0.2) is 24.3 Å². The highest BCUT2D eigenvalue weighted by atomic mass is 35.5. The summed E-state index contributed by atoms with van der Waals surface area (Å²) in [4.78, 5) is 23.8. The Kier molecular flexibility index (Phi) is 3.42. The SMILES string of the molecule is O=C(O)[C@H]1[C@H]2CC[C@H](C2)[C@@H]1C(=O)Nc1cccc(Cl)c1. The molecular formula is C15H16ClNO3. The zero-order valence-corrected chi connectivity index (χ0v) is 11.6. The van der Waals surface area contributed by atoms with Crippen molar-refractivity contribution < 1.29 is 14.7 Å². The van der Waals surface area contributed by atoms with E-state index < -0.39 is 17.8 Å². The number of carbonyl (C=O) groups is 2. The number of carboxylic acid groups (broad SMARTS) is 1. The highest BCUT2D eigenvalue weighted by Gasteiger charge is 2.53. The van der Waals surface area contributed by atoms with Crippen molar-refractivity contribution in [2.45, 2.75) is 19.3 Å². The Hall–Kier alpha value is -1.55. The molecule has 1 aromatic rings. The van der Waals surface area contributed by atoms with E-state index in [2.05, 4.69) is 5.32 Å². The molecule has 0 unspecified atom stereocenters. The fourth-order valence-corrected chi connectivity index (χ4v) is 4.01. The molecule has 20 heavy (non-hydrogen) atoms. The number of amides is 1. The summed E-state index contributed by atoms with van der Waals surface area (Å²) in [5.74, 6) is -1.61. The first-order valence-corrected chi connectivity index (χ1v) is 7.23. The number of carbonyl (C=O) groups excluding carboxylic acids is 1. The van der Waals surface area contributed by atoms with Crippen molar-refractivity contribution in [3.05, 3.63) is 29.3 Å². The van der Waals surface area contributed by atoms with Gasteiger partial charge in [-0.2, -0.15) is 0 Å². The van der Waals surface area contributed by atoms with Crippen LogP contribution in [0.5, 0.6) is 0 Å². The van der Waals surface area contributed by atoms with Gasteiger partial charge in [0, 0.05) is 10.7 Å². The first-order chi connectivity index (χ1) is 9.56. The van der Waals surface area contributed by atoms with Gasteiger partial charge in [-0.05, 0) is 49.3 Å². The van der Waals surface area contributed by atoms with Crippen LogP contribution in [0.1, 0.15) is 19.3 Å². The molecule has 5 heteroatoms. The molecule has 3 rings (SSSR count). The lowest BCUT2D eigenvalue weighted by atomic mass is 9.78. The smallest absolute Gasteiger partial charge is 0.307 e. The third-order valence-corrected chi connectivity index (χ3v) is 4.83. The van der Waals surface area contributed by atoms with E-state index >= 15 is 0 Å². The number of benzene rings is 1. The van der Waals surface area contributed by atoms with Crippen LogP contribution in [-0.4, -0.2) is 17.0 Å². The lowest BCUT2D eigenvalue weighted by Crippen LogP contribution is -2.37. The second-order valence-corrected chi connectivity index (χ2v) is 6.16. The number of rotatable bonds is 3. The number of halogens is 1. The van der Waals surface area contributed by atoms with Gasteiger partial charge < -0.3 is 10.4 Å². The highest BCUT2D eigenvalue weighted by molar-refractivity contribution is 6.30. The quantitative estimate of drug-likeness (QED) is 0.900.